The van der Waals surface area contributed by atoms with Crippen molar-refractivity contribution in [2.45, 2.75) is 6.54 Å². The fraction of sp³-hybridized carbons (Fsp3) is 0.125. The van der Waals surface area contributed by atoms with Gasteiger partial charge in [0.05, 0.1) is 17.8 Å². The number of carboxylic acid groups (broad SMARTS) is 1. The summed E-state index contributed by atoms with van der Waals surface area (Å²) < 4.78 is 18.7. The van der Waals surface area contributed by atoms with Gasteiger partial charge in [-0.3, -0.25) is 4.79 Å². The number of fused-ring (bicyclic) bond motifs is 1. The Balaban J connectivity index is 1.90. The van der Waals surface area contributed by atoms with Crippen LogP contribution in [-0.4, -0.2) is 23.6 Å². The molecule has 1 aliphatic rings. The summed E-state index contributed by atoms with van der Waals surface area (Å²) in [6.07, 6.45) is 0. The van der Waals surface area contributed by atoms with Crippen LogP contribution in [0, 0.1) is 5.82 Å². The topological polar surface area (TPSA) is 66.8 Å². The Labute approximate surface area is 125 Å². The van der Waals surface area contributed by atoms with Crippen LogP contribution in [0.15, 0.2) is 42.5 Å². The van der Waals surface area contributed by atoms with E-state index in [4.69, 9.17) is 9.84 Å². The smallest absolute Gasteiger partial charge is 0.335 e. The number of benzene rings is 2. The third kappa shape index (κ3) is 2.63. The van der Waals surface area contributed by atoms with E-state index in [1.807, 2.05) is 0 Å². The van der Waals surface area contributed by atoms with Gasteiger partial charge >= 0.3 is 5.97 Å². The summed E-state index contributed by atoms with van der Waals surface area (Å²) in [4.78, 5) is 24.3. The number of aromatic carboxylic acids is 1. The average molecular weight is 301 g/mol. The molecule has 0 radical (unpaired) electrons. The molecule has 0 spiro atoms. The fourth-order valence-corrected chi connectivity index (χ4v) is 2.28. The molecule has 0 fully saturated rings. The number of rotatable bonds is 3. The van der Waals surface area contributed by atoms with Gasteiger partial charge in [0.2, 0.25) is 0 Å². The zero-order valence-electron chi connectivity index (χ0n) is 11.5. The lowest BCUT2D eigenvalue weighted by atomic mass is 10.1. The monoisotopic (exact) mass is 301 g/mol. The first-order valence-electron chi connectivity index (χ1n) is 6.59. The molecule has 1 aliphatic heterocycles. The van der Waals surface area contributed by atoms with Gasteiger partial charge in [-0.05, 0) is 29.8 Å². The highest BCUT2D eigenvalue weighted by atomic mass is 19.1. The van der Waals surface area contributed by atoms with Crippen LogP contribution >= 0.6 is 0 Å². The van der Waals surface area contributed by atoms with E-state index in [-0.39, 0.29) is 24.6 Å². The van der Waals surface area contributed by atoms with Crippen molar-refractivity contribution in [1.29, 1.82) is 0 Å². The number of ether oxygens (including phenoxy) is 1. The minimum absolute atomic E-state index is 0.105. The molecule has 1 heterocycles. The third-order valence-electron chi connectivity index (χ3n) is 3.41. The molecule has 0 bridgehead atoms. The van der Waals surface area contributed by atoms with Gasteiger partial charge in [-0.2, -0.15) is 0 Å². The Kier molecular flexibility index (Phi) is 3.50. The van der Waals surface area contributed by atoms with Crippen LogP contribution in [0.1, 0.15) is 15.9 Å². The number of carbonyl (C=O) groups is 2. The highest BCUT2D eigenvalue weighted by Gasteiger charge is 2.26. The van der Waals surface area contributed by atoms with E-state index in [9.17, 15) is 14.0 Å². The van der Waals surface area contributed by atoms with Crippen molar-refractivity contribution in [2.75, 3.05) is 11.5 Å². The number of amides is 1. The molecule has 0 aliphatic carbocycles. The third-order valence-corrected chi connectivity index (χ3v) is 3.41. The minimum Gasteiger partial charge on any atom is -0.482 e. The Bertz CT molecular complexity index is 742. The van der Waals surface area contributed by atoms with Crippen molar-refractivity contribution in [2.24, 2.45) is 0 Å². The maximum absolute atomic E-state index is 13.4. The standard InChI is InChI=1S/C16H12FNO4/c17-12-5-6-14-13(7-12)18(15(19)9-22-14)8-10-1-3-11(4-2-10)16(20)21/h1-7H,8-9H2,(H,20,21). The lowest BCUT2D eigenvalue weighted by Gasteiger charge is -2.29. The van der Waals surface area contributed by atoms with Gasteiger partial charge in [-0.1, -0.05) is 12.1 Å². The zero-order valence-corrected chi connectivity index (χ0v) is 11.5. The molecule has 0 atom stereocenters. The minimum atomic E-state index is -1.01. The second-order valence-electron chi connectivity index (χ2n) is 4.88. The number of anilines is 1. The van der Waals surface area contributed by atoms with Gasteiger partial charge in [-0.15, -0.1) is 0 Å². The number of hydrogen-bond donors (Lipinski definition) is 1. The first kappa shape index (κ1) is 14.1. The normalized spacial score (nSPS) is 13.5. The number of carbonyl (C=O) groups excluding carboxylic acids is 1. The Morgan fingerprint density at radius 3 is 2.64 bits per heavy atom. The quantitative estimate of drug-likeness (QED) is 0.945. The Morgan fingerprint density at radius 1 is 1.23 bits per heavy atom. The molecule has 6 heteroatoms. The first-order chi connectivity index (χ1) is 10.5. The summed E-state index contributed by atoms with van der Waals surface area (Å²) in [5, 5.41) is 8.88. The van der Waals surface area contributed by atoms with Gasteiger partial charge in [0.25, 0.3) is 5.91 Å². The molecule has 0 aromatic heterocycles. The molecule has 3 rings (SSSR count). The van der Waals surface area contributed by atoms with Gasteiger partial charge in [0.1, 0.15) is 11.6 Å². The molecular formula is C16H12FNO4. The van der Waals surface area contributed by atoms with Crippen molar-refractivity contribution in [1.82, 2.24) is 0 Å². The predicted molar refractivity (Wildman–Crippen MR) is 76.5 cm³/mol. The van der Waals surface area contributed by atoms with Crippen molar-refractivity contribution >= 4 is 17.6 Å². The molecule has 1 N–H and O–H groups in total. The highest BCUT2D eigenvalue weighted by molar-refractivity contribution is 5.97. The maximum Gasteiger partial charge on any atom is 0.335 e. The lowest BCUT2D eigenvalue weighted by molar-refractivity contribution is -0.121. The number of hydrogen-bond acceptors (Lipinski definition) is 3. The molecule has 1 amide bonds. The van der Waals surface area contributed by atoms with Gasteiger partial charge in [-0.25, -0.2) is 9.18 Å². The Hall–Kier alpha value is -2.89. The summed E-state index contributed by atoms with van der Waals surface area (Å²) in [5.74, 6) is -1.30. The van der Waals surface area contributed by atoms with Crippen LogP contribution in [0.4, 0.5) is 10.1 Å². The number of halogens is 1. The molecule has 2 aromatic carbocycles. The summed E-state index contributed by atoms with van der Waals surface area (Å²) >= 11 is 0. The van der Waals surface area contributed by atoms with E-state index in [1.165, 1.54) is 35.2 Å². The average Bonchev–Trinajstić information content (AvgIpc) is 2.51. The highest BCUT2D eigenvalue weighted by Crippen LogP contribution is 2.33. The molecule has 5 nitrogen and oxygen atoms in total. The molecule has 0 saturated carbocycles. The van der Waals surface area contributed by atoms with Crippen LogP contribution in [-0.2, 0) is 11.3 Å². The molecule has 112 valence electrons. The van der Waals surface area contributed by atoms with Crippen molar-refractivity contribution in [3.63, 3.8) is 0 Å². The first-order valence-corrected chi connectivity index (χ1v) is 6.59. The van der Waals surface area contributed by atoms with Crippen molar-refractivity contribution in [3.8, 4) is 5.75 Å². The van der Waals surface area contributed by atoms with Crippen LogP contribution in [0.3, 0.4) is 0 Å². The zero-order chi connectivity index (χ0) is 15.7. The lowest BCUT2D eigenvalue weighted by Crippen LogP contribution is -2.38. The predicted octanol–water partition coefficient (Wildman–Crippen LogP) is 2.45. The van der Waals surface area contributed by atoms with Gasteiger partial charge < -0.3 is 14.7 Å². The second-order valence-corrected chi connectivity index (χ2v) is 4.88. The van der Waals surface area contributed by atoms with E-state index in [0.29, 0.717) is 11.4 Å². The number of nitrogens with zero attached hydrogens (tertiary/aromatic N) is 1. The van der Waals surface area contributed by atoms with Crippen LogP contribution in [0.5, 0.6) is 5.75 Å². The van der Waals surface area contributed by atoms with Crippen LogP contribution < -0.4 is 9.64 Å². The molecule has 2 aromatic rings. The van der Waals surface area contributed by atoms with Crippen LogP contribution in [0.25, 0.3) is 0 Å². The summed E-state index contributed by atoms with van der Waals surface area (Å²) in [7, 11) is 0. The maximum atomic E-state index is 13.4. The van der Waals surface area contributed by atoms with Gasteiger partial charge in [0, 0.05) is 6.07 Å². The second kappa shape index (κ2) is 5.48. The summed E-state index contributed by atoms with van der Waals surface area (Å²) in [5.41, 5.74) is 1.29. The van der Waals surface area contributed by atoms with E-state index >= 15 is 0 Å². The van der Waals surface area contributed by atoms with Crippen molar-refractivity contribution < 1.29 is 23.8 Å². The Morgan fingerprint density at radius 2 is 1.95 bits per heavy atom. The van der Waals surface area contributed by atoms with E-state index in [1.54, 1.807) is 12.1 Å². The summed E-state index contributed by atoms with van der Waals surface area (Å²) in [6.45, 7) is 0.115. The summed E-state index contributed by atoms with van der Waals surface area (Å²) in [6, 6.07) is 10.2. The fourth-order valence-electron chi connectivity index (χ4n) is 2.28. The van der Waals surface area contributed by atoms with Crippen molar-refractivity contribution in [3.05, 3.63) is 59.4 Å². The number of carboxylic acids is 1. The molecule has 22 heavy (non-hydrogen) atoms. The van der Waals surface area contributed by atoms with E-state index in [0.717, 1.165) is 5.56 Å². The SMILES string of the molecule is O=C(O)c1ccc(CN2C(=O)COc3ccc(F)cc32)cc1. The van der Waals surface area contributed by atoms with E-state index in [2.05, 4.69) is 0 Å². The van der Waals surface area contributed by atoms with Crippen LogP contribution in [0.2, 0.25) is 0 Å². The molecule has 0 unspecified atom stereocenters. The molecular weight excluding hydrogens is 289 g/mol. The van der Waals surface area contributed by atoms with Gasteiger partial charge in [0.15, 0.2) is 6.61 Å². The molecule has 0 saturated heterocycles. The van der Waals surface area contributed by atoms with E-state index < -0.39 is 11.8 Å². The largest absolute Gasteiger partial charge is 0.482 e.